The van der Waals surface area contributed by atoms with Crippen molar-refractivity contribution in [2.75, 3.05) is 5.43 Å². The maximum atomic E-state index is 11.1. The van der Waals surface area contributed by atoms with E-state index in [4.69, 9.17) is 5.11 Å². The Morgan fingerprint density at radius 3 is 2.76 bits per heavy atom. The first-order chi connectivity index (χ1) is 8.25. The number of nitrogens with zero attached hydrogens (tertiary/aromatic N) is 4. The number of carbonyl (C=O) groups is 1. The molecule has 0 saturated heterocycles. The lowest BCUT2D eigenvalue weighted by atomic mass is 10.1. The summed E-state index contributed by atoms with van der Waals surface area (Å²) in [5.41, 5.74) is 3.56. The fourth-order valence-electron chi connectivity index (χ4n) is 1.40. The summed E-state index contributed by atoms with van der Waals surface area (Å²) in [4.78, 5) is 12.1. The molecule has 2 N–H and O–H groups in total. The molecule has 0 unspecified atom stereocenters. The van der Waals surface area contributed by atoms with Gasteiger partial charge in [0.25, 0.3) is 0 Å². The van der Waals surface area contributed by atoms with Gasteiger partial charge in [-0.2, -0.15) is 0 Å². The van der Waals surface area contributed by atoms with Crippen LogP contribution in [-0.2, 0) is 11.2 Å². The molecule has 7 nitrogen and oxygen atoms in total. The van der Waals surface area contributed by atoms with E-state index < -0.39 is 12.0 Å². The van der Waals surface area contributed by atoms with Crippen molar-refractivity contribution in [2.45, 2.75) is 12.5 Å². The van der Waals surface area contributed by atoms with Gasteiger partial charge in [-0.25, -0.2) is 4.79 Å². The Kier molecular flexibility index (Phi) is 3.29. The highest BCUT2D eigenvalue weighted by atomic mass is 16.4. The van der Waals surface area contributed by atoms with Crippen LogP contribution < -0.4 is 5.43 Å². The highest BCUT2D eigenvalue weighted by Gasteiger charge is 2.18. The molecular formula is C10H11N5O2. The third kappa shape index (κ3) is 3.00. The van der Waals surface area contributed by atoms with Crippen molar-refractivity contribution >= 4 is 5.97 Å². The van der Waals surface area contributed by atoms with E-state index in [1.807, 2.05) is 30.3 Å². The van der Waals surface area contributed by atoms with Gasteiger partial charge in [0.1, 0.15) is 6.04 Å². The standard InChI is InChI=1S/C10H11N5O2/c16-10(17)9(13-15-12-7-11-14-15)6-8-4-2-1-3-5-8/h1-5,7,9,13H,6H2,(H,16,17)/t9-/m0/s1. The van der Waals surface area contributed by atoms with Crippen molar-refractivity contribution in [3.63, 3.8) is 0 Å². The summed E-state index contributed by atoms with van der Waals surface area (Å²) >= 11 is 0. The van der Waals surface area contributed by atoms with Gasteiger partial charge in [-0.3, -0.25) is 5.43 Å². The Morgan fingerprint density at radius 2 is 2.18 bits per heavy atom. The first-order valence-corrected chi connectivity index (χ1v) is 5.02. The van der Waals surface area contributed by atoms with E-state index in [9.17, 15) is 4.79 Å². The zero-order valence-corrected chi connectivity index (χ0v) is 8.89. The lowest BCUT2D eigenvalue weighted by molar-refractivity contribution is -0.138. The Labute approximate surface area is 97.0 Å². The van der Waals surface area contributed by atoms with E-state index in [-0.39, 0.29) is 0 Å². The molecule has 0 fully saturated rings. The average Bonchev–Trinajstić information content (AvgIpc) is 2.82. The number of aliphatic carboxylic acids is 1. The van der Waals surface area contributed by atoms with Crippen molar-refractivity contribution in [1.29, 1.82) is 0 Å². The lowest BCUT2D eigenvalue weighted by Gasteiger charge is -2.13. The number of hydrogen-bond donors (Lipinski definition) is 2. The molecule has 88 valence electrons. The third-order valence-electron chi connectivity index (χ3n) is 2.20. The van der Waals surface area contributed by atoms with Crippen LogP contribution in [0, 0.1) is 0 Å². The van der Waals surface area contributed by atoms with Crippen molar-refractivity contribution in [2.24, 2.45) is 0 Å². The predicted molar refractivity (Wildman–Crippen MR) is 58.7 cm³/mol. The Morgan fingerprint density at radius 1 is 1.41 bits per heavy atom. The molecule has 1 aromatic heterocycles. The molecule has 17 heavy (non-hydrogen) atoms. The quantitative estimate of drug-likeness (QED) is 0.749. The molecule has 2 rings (SSSR count). The van der Waals surface area contributed by atoms with Crippen LogP contribution in [0.4, 0.5) is 0 Å². The van der Waals surface area contributed by atoms with Gasteiger partial charge in [0.15, 0.2) is 6.33 Å². The minimum atomic E-state index is -0.967. The van der Waals surface area contributed by atoms with Gasteiger partial charge >= 0.3 is 5.97 Å². The zero-order valence-electron chi connectivity index (χ0n) is 8.89. The van der Waals surface area contributed by atoms with Gasteiger partial charge in [-0.05, 0) is 10.8 Å². The number of hydrogen-bond acceptors (Lipinski definition) is 5. The van der Waals surface area contributed by atoms with Crippen molar-refractivity contribution in [3.8, 4) is 0 Å². The number of benzene rings is 1. The number of tetrazole rings is 1. The fraction of sp³-hybridized carbons (Fsp3) is 0.200. The highest BCUT2D eigenvalue weighted by molar-refractivity contribution is 5.75. The SMILES string of the molecule is O=C(O)[C@H](Cc1ccccc1)Nn1ncnn1. The van der Waals surface area contributed by atoms with Gasteiger partial charge in [0.05, 0.1) is 0 Å². The maximum Gasteiger partial charge on any atom is 0.328 e. The Bertz CT molecular complexity index is 471. The largest absolute Gasteiger partial charge is 0.480 e. The van der Waals surface area contributed by atoms with E-state index in [0.29, 0.717) is 6.42 Å². The van der Waals surface area contributed by atoms with Crippen LogP contribution >= 0.6 is 0 Å². The van der Waals surface area contributed by atoms with Gasteiger partial charge in [-0.1, -0.05) is 35.2 Å². The molecule has 1 aromatic carbocycles. The minimum absolute atomic E-state index is 0.345. The molecule has 0 aliphatic heterocycles. The molecule has 0 radical (unpaired) electrons. The normalized spacial score (nSPS) is 12.0. The first kappa shape index (κ1) is 11.1. The summed E-state index contributed by atoms with van der Waals surface area (Å²) in [5, 5.41) is 19.8. The second-order valence-electron chi connectivity index (χ2n) is 3.43. The maximum absolute atomic E-state index is 11.1. The topological polar surface area (TPSA) is 92.9 Å². The van der Waals surface area contributed by atoms with Crippen LogP contribution in [0.3, 0.4) is 0 Å². The van der Waals surface area contributed by atoms with Crippen molar-refractivity contribution in [3.05, 3.63) is 42.2 Å². The molecular weight excluding hydrogens is 222 g/mol. The molecule has 0 amide bonds. The molecule has 1 heterocycles. The summed E-state index contributed by atoms with van der Waals surface area (Å²) in [5.74, 6) is -0.967. The summed E-state index contributed by atoms with van der Waals surface area (Å²) in [6, 6.07) is 8.54. The molecule has 1 atom stereocenters. The van der Waals surface area contributed by atoms with Crippen LogP contribution in [0.2, 0.25) is 0 Å². The number of nitrogens with one attached hydrogen (secondary N) is 1. The molecule has 2 aromatic rings. The van der Waals surface area contributed by atoms with Gasteiger partial charge in [-0.15, -0.1) is 10.2 Å². The van der Waals surface area contributed by atoms with Crippen LogP contribution in [0.5, 0.6) is 0 Å². The van der Waals surface area contributed by atoms with Crippen LogP contribution in [0.15, 0.2) is 36.7 Å². The molecule has 0 bridgehead atoms. The van der Waals surface area contributed by atoms with Crippen molar-refractivity contribution in [1.82, 2.24) is 20.3 Å². The van der Waals surface area contributed by atoms with Crippen molar-refractivity contribution < 1.29 is 9.90 Å². The second kappa shape index (κ2) is 5.06. The minimum Gasteiger partial charge on any atom is -0.480 e. The Balaban J connectivity index is 2.06. The van der Waals surface area contributed by atoms with E-state index in [2.05, 4.69) is 20.8 Å². The van der Waals surface area contributed by atoms with Gasteiger partial charge in [0.2, 0.25) is 0 Å². The predicted octanol–water partition coefficient (Wildman–Crippen LogP) is -0.0875. The molecule has 0 aliphatic carbocycles. The second-order valence-corrected chi connectivity index (χ2v) is 3.43. The molecule has 7 heteroatoms. The smallest absolute Gasteiger partial charge is 0.328 e. The molecule has 0 saturated carbocycles. The number of rotatable bonds is 5. The fourth-order valence-corrected chi connectivity index (χ4v) is 1.40. The van der Waals surface area contributed by atoms with Crippen LogP contribution in [0.25, 0.3) is 0 Å². The summed E-state index contributed by atoms with van der Waals surface area (Å²) in [7, 11) is 0. The summed E-state index contributed by atoms with van der Waals surface area (Å²) < 4.78 is 0. The first-order valence-electron chi connectivity index (χ1n) is 5.02. The molecule has 0 aliphatic rings. The monoisotopic (exact) mass is 233 g/mol. The average molecular weight is 233 g/mol. The van der Waals surface area contributed by atoms with Gasteiger partial charge in [0, 0.05) is 6.42 Å². The number of carboxylic acids is 1. The summed E-state index contributed by atoms with van der Waals surface area (Å²) in [6.45, 7) is 0. The Hall–Kier alpha value is -2.44. The number of aromatic nitrogens is 4. The van der Waals surface area contributed by atoms with E-state index in [0.717, 1.165) is 10.5 Å². The van der Waals surface area contributed by atoms with E-state index in [1.165, 1.54) is 6.33 Å². The number of carboxylic acid groups (broad SMARTS) is 1. The summed E-state index contributed by atoms with van der Waals surface area (Å²) in [6.07, 6.45) is 1.58. The third-order valence-corrected chi connectivity index (χ3v) is 2.20. The molecule has 0 spiro atoms. The zero-order chi connectivity index (χ0) is 12.1. The van der Waals surface area contributed by atoms with Crippen LogP contribution in [-0.4, -0.2) is 37.4 Å². The highest BCUT2D eigenvalue weighted by Crippen LogP contribution is 2.03. The van der Waals surface area contributed by atoms with Gasteiger partial charge < -0.3 is 5.11 Å². The van der Waals surface area contributed by atoms with Crippen LogP contribution in [0.1, 0.15) is 5.56 Å². The lowest BCUT2D eigenvalue weighted by Crippen LogP contribution is -2.38. The van der Waals surface area contributed by atoms with E-state index in [1.54, 1.807) is 0 Å². The van der Waals surface area contributed by atoms with E-state index >= 15 is 0 Å².